The third kappa shape index (κ3) is 4.43. The van der Waals surface area contributed by atoms with Crippen LogP contribution in [-0.2, 0) is 0 Å². The Kier molecular flexibility index (Phi) is 6.36. The summed E-state index contributed by atoms with van der Waals surface area (Å²) in [6.07, 6.45) is 9.69. The van der Waals surface area contributed by atoms with E-state index in [0.29, 0.717) is 11.7 Å². The highest BCUT2D eigenvalue weighted by Crippen LogP contribution is 2.32. The molecule has 0 bridgehead atoms. The fraction of sp³-hybridized carbons (Fsp3) is 0.818. The summed E-state index contributed by atoms with van der Waals surface area (Å²) in [5.74, 6) is 1.83. The molecule has 1 aliphatic carbocycles. The molecule has 2 aliphatic heterocycles. The molecule has 1 aromatic rings. The molecule has 6 nitrogen and oxygen atoms in total. The van der Waals surface area contributed by atoms with Crippen molar-refractivity contribution >= 4 is 5.91 Å². The number of carbonyl (C=O) groups is 1. The first-order chi connectivity index (χ1) is 13.6. The van der Waals surface area contributed by atoms with Gasteiger partial charge in [-0.15, -0.1) is 0 Å². The van der Waals surface area contributed by atoms with Crippen LogP contribution in [0.1, 0.15) is 68.9 Å². The number of rotatable bonds is 4. The molecule has 0 radical (unpaired) electrons. The summed E-state index contributed by atoms with van der Waals surface area (Å²) in [5.41, 5.74) is 0.608. The Morgan fingerprint density at radius 2 is 1.82 bits per heavy atom. The van der Waals surface area contributed by atoms with Crippen molar-refractivity contribution in [2.24, 2.45) is 11.8 Å². The summed E-state index contributed by atoms with van der Waals surface area (Å²) < 4.78 is 1.99. The zero-order valence-electron chi connectivity index (χ0n) is 17.6. The molecule has 4 rings (SSSR count). The van der Waals surface area contributed by atoms with E-state index in [2.05, 4.69) is 29.2 Å². The van der Waals surface area contributed by atoms with Crippen molar-refractivity contribution in [1.82, 2.24) is 24.9 Å². The number of piperazine rings is 1. The molecular formula is C22H37N5O. The maximum Gasteiger partial charge on any atom is 0.274 e. The molecule has 1 saturated carbocycles. The molecule has 1 unspecified atom stereocenters. The molecule has 3 heterocycles. The number of amides is 1. The van der Waals surface area contributed by atoms with Gasteiger partial charge in [0.2, 0.25) is 0 Å². The smallest absolute Gasteiger partial charge is 0.274 e. The lowest BCUT2D eigenvalue weighted by atomic mass is 9.79. The predicted molar refractivity (Wildman–Crippen MR) is 111 cm³/mol. The summed E-state index contributed by atoms with van der Waals surface area (Å²) in [6, 6.07) is 3.01. The average molecular weight is 388 g/mol. The van der Waals surface area contributed by atoms with Crippen LogP contribution >= 0.6 is 0 Å². The van der Waals surface area contributed by atoms with Crippen LogP contribution in [0.15, 0.2) is 12.3 Å². The first kappa shape index (κ1) is 19.9. The second kappa shape index (κ2) is 8.95. The summed E-state index contributed by atoms with van der Waals surface area (Å²) in [6.45, 7) is 10.5. The first-order valence-corrected chi connectivity index (χ1v) is 11.4. The number of hydrogen-bond acceptors (Lipinski definition) is 4. The van der Waals surface area contributed by atoms with E-state index < -0.39 is 0 Å². The molecule has 1 aromatic heterocycles. The van der Waals surface area contributed by atoms with Crippen LogP contribution in [-0.4, -0.2) is 70.8 Å². The third-order valence-corrected chi connectivity index (χ3v) is 7.27. The van der Waals surface area contributed by atoms with Gasteiger partial charge in [0.05, 0.1) is 6.04 Å². The molecule has 1 atom stereocenters. The topological polar surface area (TPSA) is 53.4 Å². The zero-order chi connectivity index (χ0) is 19.5. The van der Waals surface area contributed by atoms with E-state index in [-0.39, 0.29) is 5.91 Å². The predicted octanol–water partition coefficient (Wildman–Crippen LogP) is 2.78. The summed E-state index contributed by atoms with van der Waals surface area (Å²) in [5, 5.41) is 8.03. The second-order valence-corrected chi connectivity index (χ2v) is 9.32. The maximum atomic E-state index is 12.9. The van der Waals surface area contributed by atoms with Crippen molar-refractivity contribution in [3.8, 4) is 0 Å². The van der Waals surface area contributed by atoms with Gasteiger partial charge in [0.1, 0.15) is 5.69 Å². The molecule has 2 saturated heterocycles. The molecule has 1 N–H and O–H groups in total. The van der Waals surface area contributed by atoms with Gasteiger partial charge in [0.25, 0.3) is 5.91 Å². The van der Waals surface area contributed by atoms with Crippen LogP contribution in [0.2, 0.25) is 0 Å². The van der Waals surface area contributed by atoms with Crippen molar-refractivity contribution in [3.63, 3.8) is 0 Å². The monoisotopic (exact) mass is 387 g/mol. The van der Waals surface area contributed by atoms with Crippen LogP contribution in [0.3, 0.4) is 0 Å². The molecule has 6 heteroatoms. The van der Waals surface area contributed by atoms with Crippen LogP contribution in [0.25, 0.3) is 0 Å². The summed E-state index contributed by atoms with van der Waals surface area (Å²) in [7, 11) is 0. The van der Waals surface area contributed by atoms with Crippen molar-refractivity contribution < 1.29 is 4.79 Å². The van der Waals surface area contributed by atoms with Gasteiger partial charge < -0.3 is 10.2 Å². The van der Waals surface area contributed by atoms with E-state index >= 15 is 0 Å². The second-order valence-electron chi connectivity index (χ2n) is 9.32. The van der Waals surface area contributed by atoms with E-state index in [1.165, 1.54) is 32.1 Å². The highest BCUT2D eigenvalue weighted by molar-refractivity contribution is 5.92. The van der Waals surface area contributed by atoms with Crippen LogP contribution in [0, 0.1) is 11.8 Å². The molecule has 28 heavy (non-hydrogen) atoms. The van der Waals surface area contributed by atoms with Gasteiger partial charge in [-0.3, -0.25) is 14.4 Å². The van der Waals surface area contributed by atoms with E-state index in [9.17, 15) is 4.79 Å². The first-order valence-electron chi connectivity index (χ1n) is 11.4. The van der Waals surface area contributed by atoms with Gasteiger partial charge in [-0.1, -0.05) is 13.8 Å². The van der Waals surface area contributed by atoms with E-state index in [4.69, 9.17) is 0 Å². The number of aromatic nitrogens is 2. The lowest BCUT2D eigenvalue weighted by Gasteiger charge is -2.42. The number of carbonyl (C=O) groups excluding carboxylic acids is 1. The minimum Gasteiger partial charge on any atom is -0.335 e. The van der Waals surface area contributed by atoms with Crippen LogP contribution in [0.4, 0.5) is 0 Å². The fourth-order valence-electron chi connectivity index (χ4n) is 5.30. The molecule has 1 amide bonds. The molecule has 3 aliphatic rings. The Balaban J connectivity index is 1.27. The summed E-state index contributed by atoms with van der Waals surface area (Å²) >= 11 is 0. The number of nitrogens with zero attached hydrogens (tertiary/aromatic N) is 4. The quantitative estimate of drug-likeness (QED) is 0.863. The normalized spacial score (nSPS) is 30.0. The van der Waals surface area contributed by atoms with E-state index in [1.807, 2.05) is 21.8 Å². The Labute approximate surface area is 169 Å². The number of hydrogen-bond donors (Lipinski definition) is 1. The Morgan fingerprint density at radius 1 is 1.07 bits per heavy atom. The zero-order valence-corrected chi connectivity index (χ0v) is 17.6. The molecule has 156 valence electrons. The molecule has 0 aromatic carbocycles. The van der Waals surface area contributed by atoms with Gasteiger partial charge in [-0.25, -0.2) is 0 Å². The van der Waals surface area contributed by atoms with Crippen molar-refractivity contribution in [2.75, 3.05) is 39.3 Å². The highest BCUT2D eigenvalue weighted by Gasteiger charge is 2.31. The SMILES string of the molecule is CC(C)C1CCC(N2CCN(C(=O)c3ccn(C4CCCNC4)n3)CC2)CC1. The number of piperidine rings is 1. The van der Waals surface area contributed by atoms with Gasteiger partial charge in [0, 0.05) is 45.0 Å². The number of nitrogens with one attached hydrogen (secondary N) is 1. The van der Waals surface area contributed by atoms with Crippen LogP contribution in [0.5, 0.6) is 0 Å². The molecular weight excluding hydrogens is 350 g/mol. The van der Waals surface area contributed by atoms with Gasteiger partial charge >= 0.3 is 0 Å². The molecule has 0 spiro atoms. The lowest BCUT2D eigenvalue weighted by Crippen LogP contribution is -2.52. The van der Waals surface area contributed by atoms with E-state index in [1.54, 1.807) is 0 Å². The largest absolute Gasteiger partial charge is 0.335 e. The van der Waals surface area contributed by atoms with Crippen molar-refractivity contribution in [3.05, 3.63) is 18.0 Å². The van der Waals surface area contributed by atoms with Gasteiger partial charge in [0.15, 0.2) is 0 Å². The van der Waals surface area contributed by atoms with Crippen molar-refractivity contribution in [2.45, 2.75) is 64.5 Å². The van der Waals surface area contributed by atoms with Gasteiger partial charge in [-0.05, 0) is 63.0 Å². The molecule has 3 fully saturated rings. The van der Waals surface area contributed by atoms with E-state index in [0.717, 1.165) is 63.6 Å². The Morgan fingerprint density at radius 3 is 2.46 bits per heavy atom. The van der Waals surface area contributed by atoms with Crippen molar-refractivity contribution in [1.29, 1.82) is 0 Å². The fourth-order valence-corrected chi connectivity index (χ4v) is 5.30. The maximum absolute atomic E-state index is 12.9. The standard InChI is InChI=1S/C22H37N5O/c1-17(2)18-5-7-19(8-6-18)25-12-14-26(15-13-25)22(28)21-9-11-27(24-21)20-4-3-10-23-16-20/h9,11,17-20,23H,3-8,10,12-16H2,1-2H3. The highest BCUT2D eigenvalue weighted by atomic mass is 16.2. The van der Waals surface area contributed by atoms with Gasteiger partial charge in [-0.2, -0.15) is 5.10 Å². The third-order valence-electron chi connectivity index (χ3n) is 7.27. The Hall–Kier alpha value is -1.40. The average Bonchev–Trinajstić information content (AvgIpc) is 3.24. The minimum atomic E-state index is 0.102. The Bertz CT molecular complexity index is 635. The minimum absolute atomic E-state index is 0.102. The summed E-state index contributed by atoms with van der Waals surface area (Å²) in [4.78, 5) is 17.5. The lowest BCUT2D eigenvalue weighted by molar-refractivity contribution is 0.0472. The van der Waals surface area contributed by atoms with Crippen LogP contribution < -0.4 is 5.32 Å².